The van der Waals surface area contributed by atoms with Gasteiger partial charge in [-0.2, -0.15) is 13.2 Å². The van der Waals surface area contributed by atoms with E-state index in [4.69, 9.17) is 12.2 Å². The molecule has 0 radical (unpaired) electrons. The number of halogens is 3. The lowest BCUT2D eigenvalue weighted by atomic mass is 10.1. The lowest BCUT2D eigenvalue weighted by molar-refractivity contribution is -0.384. The first-order chi connectivity index (χ1) is 12.6. The van der Waals surface area contributed by atoms with Crippen LogP contribution in [0.2, 0.25) is 0 Å². The zero-order valence-corrected chi connectivity index (χ0v) is 15.4. The molecule has 0 aliphatic carbocycles. The molecule has 1 aromatic rings. The highest BCUT2D eigenvalue weighted by molar-refractivity contribution is 7.80. The topological polar surface area (TPSA) is 78.7 Å². The molecule has 2 rings (SSSR count). The smallest absolute Gasteiger partial charge is 0.362 e. The van der Waals surface area contributed by atoms with Gasteiger partial charge in [-0.15, -0.1) is 0 Å². The molecule has 1 amide bonds. The molecule has 0 saturated carbocycles. The third kappa shape index (κ3) is 5.28. The van der Waals surface area contributed by atoms with E-state index < -0.39 is 22.4 Å². The van der Waals surface area contributed by atoms with Gasteiger partial charge >= 0.3 is 6.18 Å². The second-order valence-electron chi connectivity index (χ2n) is 6.04. The molecule has 1 aliphatic heterocycles. The Labute approximate surface area is 159 Å². The summed E-state index contributed by atoms with van der Waals surface area (Å²) in [5, 5.41) is 14.1. The van der Waals surface area contributed by atoms with Crippen LogP contribution in [-0.2, 0) is 11.0 Å². The molecule has 1 fully saturated rings. The zero-order valence-electron chi connectivity index (χ0n) is 14.6. The van der Waals surface area contributed by atoms with Crippen LogP contribution < -0.4 is 10.2 Å². The summed E-state index contributed by atoms with van der Waals surface area (Å²) >= 11 is 5.19. The van der Waals surface area contributed by atoms with Crippen molar-refractivity contribution in [2.45, 2.75) is 25.9 Å². The van der Waals surface area contributed by atoms with Gasteiger partial charge in [0.15, 0.2) is 5.11 Å². The second-order valence-corrected chi connectivity index (χ2v) is 6.42. The van der Waals surface area contributed by atoms with Crippen molar-refractivity contribution in [1.29, 1.82) is 0 Å². The van der Waals surface area contributed by atoms with Crippen LogP contribution >= 0.6 is 12.2 Å². The van der Waals surface area contributed by atoms with Crippen molar-refractivity contribution in [3.05, 3.63) is 33.9 Å². The van der Waals surface area contributed by atoms with Gasteiger partial charge in [0.2, 0.25) is 5.91 Å². The molecule has 1 aliphatic rings. The number of nitro benzene ring substituents is 1. The van der Waals surface area contributed by atoms with Crippen molar-refractivity contribution in [2.75, 3.05) is 31.1 Å². The molecule has 0 aromatic heterocycles. The first-order valence-corrected chi connectivity index (χ1v) is 8.73. The molecule has 0 atom stereocenters. The Bertz CT molecular complexity index is 734. The number of hydrogen-bond acceptors (Lipinski definition) is 5. The number of nitro groups is 1. The number of carbonyl (C=O) groups excluding carboxylic acids is 1. The third-order valence-corrected chi connectivity index (χ3v) is 4.49. The average molecular weight is 404 g/mol. The maximum absolute atomic E-state index is 12.8. The summed E-state index contributed by atoms with van der Waals surface area (Å²) in [6.07, 6.45) is -3.59. The number of nitrogens with zero attached hydrogens (tertiary/aromatic N) is 3. The largest absolute Gasteiger partial charge is 0.416 e. The number of nitrogens with one attached hydrogen (secondary N) is 1. The summed E-state index contributed by atoms with van der Waals surface area (Å²) in [5.74, 6) is -0.177. The molecule has 1 saturated heterocycles. The molecule has 1 N–H and O–H groups in total. The van der Waals surface area contributed by atoms with Gasteiger partial charge in [0.05, 0.1) is 10.5 Å². The summed E-state index contributed by atoms with van der Waals surface area (Å²) in [6.45, 7) is 3.32. The van der Waals surface area contributed by atoms with Gasteiger partial charge in [-0.05, 0) is 30.8 Å². The number of anilines is 1. The van der Waals surface area contributed by atoms with E-state index in [2.05, 4.69) is 5.32 Å². The van der Waals surface area contributed by atoms with Crippen LogP contribution in [0, 0.1) is 10.1 Å². The Morgan fingerprint density at radius 1 is 1.30 bits per heavy atom. The fourth-order valence-corrected chi connectivity index (χ4v) is 3.05. The quantitative estimate of drug-likeness (QED) is 0.472. The third-order valence-electron chi connectivity index (χ3n) is 4.13. The molecule has 1 aromatic carbocycles. The standard InChI is InChI=1S/C16H19F3N4O3S/c1-2-3-14(24)20-15(27)22-8-6-21(7-9-22)12-5-4-11(16(17,18)19)10-13(12)23(25)26/h4-5,10H,2-3,6-9H2,1H3,(H,20,24,27). The van der Waals surface area contributed by atoms with Gasteiger partial charge < -0.3 is 15.1 Å². The van der Waals surface area contributed by atoms with Crippen molar-refractivity contribution < 1.29 is 22.9 Å². The van der Waals surface area contributed by atoms with E-state index in [1.165, 1.54) is 0 Å². The Morgan fingerprint density at radius 3 is 2.44 bits per heavy atom. The van der Waals surface area contributed by atoms with E-state index in [9.17, 15) is 28.1 Å². The minimum atomic E-state index is -4.65. The lowest BCUT2D eigenvalue weighted by Gasteiger charge is -2.37. The van der Waals surface area contributed by atoms with E-state index in [-0.39, 0.29) is 16.7 Å². The minimum Gasteiger partial charge on any atom is -0.362 e. The molecular weight excluding hydrogens is 385 g/mol. The second kappa shape index (κ2) is 8.51. The van der Waals surface area contributed by atoms with Gasteiger partial charge in [-0.25, -0.2) is 0 Å². The Morgan fingerprint density at radius 2 is 1.93 bits per heavy atom. The van der Waals surface area contributed by atoms with Crippen LogP contribution in [0.5, 0.6) is 0 Å². The number of rotatable bonds is 4. The van der Waals surface area contributed by atoms with Gasteiger partial charge in [0.1, 0.15) is 5.69 Å². The average Bonchev–Trinajstić information content (AvgIpc) is 2.60. The van der Waals surface area contributed by atoms with E-state index in [0.717, 1.165) is 12.1 Å². The molecule has 27 heavy (non-hydrogen) atoms. The highest BCUT2D eigenvalue weighted by Crippen LogP contribution is 2.36. The van der Waals surface area contributed by atoms with Gasteiger partial charge in [-0.1, -0.05) is 6.92 Å². The normalized spacial score (nSPS) is 14.8. The Kier molecular flexibility index (Phi) is 6.58. The van der Waals surface area contributed by atoms with Crippen LogP contribution in [0.15, 0.2) is 18.2 Å². The van der Waals surface area contributed by atoms with E-state index in [1.807, 2.05) is 6.92 Å². The summed E-state index contributed by atoms with van der Waals surface area (Å²) in [4.78, 5) is 25.4. The summed E-state index contributed by atoms with van der Waals surface area (Å²) in [7, 11) is 0. The number of alkyl halides is 3. The van der Waals surface area contributed by atoms with Crippen molar-refractivity contribution in [3.8, 4) is 0 Å². The van der Waals surface area contributed by atoms with Crippen LogP contribution in [0.25, 0.3) is 0 Å². The number of carbonyl (C=O) groups is 1. The molecule has 7 nitrogen and oxygen atoms in total. The van der Waals surface area contributed by atoms with Crippen molar-refractivity contribution in [3.63, 3.8) is 0 Å². The van der Waals surface area contributed by atoms with Gasteiger partial charge in [-0.3, -0.25) is 14.9 Å². The van der Waals surface area contributed by atoms with Crippen molar-refractivity contribution in [2.24, 2.45) is 0 Å². The van der Waals surface area contributed by atoms with Crippen LogP contribution in [-0.4, -0.2) is 47.0 Å². The number of hydrogen-bond donors (Lipinski definition) is 1. The minimum absolute atomic E-state index is 0.133. The van der Waals surface area contributed by atoms with E-state index in [0.29, 0.717) is 45.1 Å². The molecule has 11 heteroatoms. The lowest BCUT2D eigenvalue weighted by Crippen LogP contribution is -2.52. The van der Waals surface area contributed by atoms with Crippen molar-refractivity contribution in [1.82, 2.24) is 10.2 Å². The fraction of sp³-hybridized carbons (Fsp3) is 0.500. The Balaban J connectivity index is 2.08. The maximum atomic E-state index is 12.8. The SMILES string of the molecule is CCCC(=O)NC(=S)N1CCN(c2ccc(C(F)(F)F)cc2[N+](=O)[O-])CC1. The van der Waals surface area contributed by atoms with Crippen molar-refractivity contribution >= 4 is 34.6 Å². The molecule has 0 spiro atoms. The summed E-state index contributed by atoms with van der Waals surface area (Å²) < 4.78 is 38.4. The van der Waals surface area contributed by atoms with Gasteiger partial charge in [0.25, 0.3) is 5.69 Å². The molecule has 0 bridgehead atoms. The molecule has 148 valence electrons. The van der Waals surface area contributed by atoms with Crippen LogP contribution in [0.3, 0.4) is 0 Å². The summed E-state index contributed by atoms with van der Waals surface area (Å²) in [5.41, 5.74) is -1.51. The monoisotopic (exact) mass is 404 g/mol. The molecule has 0 unspecified atom stereocenters. The molecule has 1 heterocycles. The maximum Gasteiger partial charge on any atom is 0.416 e. The highest BCUT2D eigenvalue weighted by atomic mass is 32.1. The predicted molar refractivity (Wildman–Crippen MR) is 97.5 cm³/mol. The number of thiocarbonyl (C=S) groups is 1. The van der Waals surface area contributed by atoms with E-state index >= 15 is 0 Å². The fourth-order valence-electron chi connectivity index (χ4n) is 2.75. The van der Waals surface area contributed by atoms with Crippen LogP contribution in [0.1, 0.15) is 25.3 Å². The Hall–Kier alpha value is -2.43. The van der Waals surface area contributed by atoms with Crippen LogP contribution in [0.4, 0.5) is 24.5 Å². The van der Waals surface area contributed by atoms with Gasteiger partial charge in [0, 0.05) is 38.7 Å². The zero-order chi connectivity index (χ0) is 20.2. The molecular formula is C16H19F3N4O3S. The summed E-state index contributed by atoms with van der Waals surface area (Å²) in [6, 6.07) is 2.51. The number of piperazine rings is 1. The van der Waals surface area contributed by atoms with E-state index in [1.54, 1.807) is 9.80 Å². The number of benzene rings is 1. The number of amides is 1. The first kappa shape index (κ1) is 20.9. The first-order valence-electron chi connectivity index (χ1n) is 8.32. The predicted octanol–water partition coefficient (Wildman–Crippen LogP) is 2.94. The highest BCUT2D eigenvalue weighted by Gasteiger charge is 2.34.